The van der Waals surface area contributed by atoms with E-state index in [2.05, 4.69) is 27.2 Å². The van der Waals surface area contributed by atoms with Gasteiger partial charge >= 0.3 is 0 Å². The largest absolute Gasteiger partial charge is 0.368 e. The van der Waals surface area contributed by atoms with E-state index in [1.54, 1.807) is 7.05 Å². The molecule has 1 heterocycles. The monoisotopic (exact) mass is 227 g/mol. The Morgan fingerprint density at radius 3 is 2.06 bits per heavy atom. The number of nitrogens with one attached hydrogen (secondary N) is 1. The molecule has 1 rings (SSSR count). The van der Waals surface area contributed by atoms with E-state index in [0.29, 0.717) is 5.95 Å². The molecule has 0 atom stereocenters. The van der Waals surface area contributed by atoms with Crippen LogP contribution in [0, 0.1) is 0 Å². The Kier molecular flexibility index (Phi) is 12.4. The molecule has 0 aromatic carbocycles. The number of anilines is 2. The van der Waals surface area contributed by atoms with Crippen LogP contribution < -0.4 is 11.1 Å². The SMILES string of the molecule is CC.CC.CCCc1nc(N)nc(NC)n1. The van der Waals surface area contributed by atoms with Crippen molar-refractivity contribution < 1.29 is 0 Å². The highest BCUT2D eigenvalue weighted by Crippen LogP contribution is 2.02. The fourth-order valence-corrected chi connectivity index (χ4v) is 0.885. The first-order valence-electron chi connectivity index (χ1n) is 5.94. The van der Waals surface area contributed by atoms with Crippen LogP contribution in [0.15, 0.2) is 0 Å². The topological polar surface area (TPSA) is 76.7 Å². The van der Waals surface area contributed by atoms with Crippen molar-refractivity contribution in [1.82, 2.24) is 15.0 Å². The molecule has 0 bridgehead atoms. The summed E-state index contributed by atoms with van der Waals surface area (Å²) in [6.45, 7) is 10.1. The van der Waals surface area contributed by atoms with Crippen LogP contribution in [0.4, 0.5) is 11.9 Å². The van der Waals surface area contributed by atoms with Crippen molar-refractivity contribution in [2.45, 2.75) is 47.5 Å². The maximum Gasteiger partial charge on any atom is 0.227 e. The minimum atomic E-state index is 0.276. The molecule has 0 radical (unpaired) electrons. The highest BCUT2D eigenvalue weighted by molar-refractivity contribution is 5.29. The summed E-state index contributed by atoms with van der Waals surface area (Å²) in [5.74, 6) is 1.55. The Balaban J connectivity index is 0. The van der Waals surface area contributed by atoms with Gasteiger partial charge in [-0.1, -0.05) is 34.6 Å². The van der Waals surface area contributed by atoms with E-state index in [4.69, 9.17) is 5.73 Å². The minimum absolute atomic E-state index is 0.276. The lowest BCUT2D eigenvalue weighted by Gasteiger charge is -2.01. The number of rotatable bonds is 3. The van der Waals surface area contributed by atoms with E-state index in [0.717, 1.165) is 18.7 Å². The summed E-state index contributed by atoms with van der Waals surface area (Å²) in [6.07, 6.45) is 1.84. The van der Waals surface area contributed by atoms with E-state index >= 15 is 0 Å². The van der Waals surface area contributed by atoms with Crippen LogP contribution in [0.3, 0.4) is 0 Å². The van der Waals surface area contributed by atoms with E-state index in [-0.39, 0.29) is 5.95 Å². The summed E-state index contributed by atoms with van der Waals surface area (Å²) in [5, 5.41) is 2.82. The summed E-state index contributed by atoms with van der Waals surface area (Å²) in [7, 11) is 1.75. The molecule has 0 aliphatic carbocycles. The van der Waals surface area contributed by atoms with Gasteiger partial charge < -0.3 is 11.1 Å². The van der Waals surface area contributed by atoms with Crippen molar-refractivity contribution in [1.29, 1.82) is 0 Å². The van der Waals surface area contributed by atoms with Gasteiger partial charge in [-0.05, 0) is 6.42 Å². The van der Waals surface area contributed by atoms with Gasteiger partial charge in [0.25, 0.3) is 0 Å². The average Bonchev–Trinajstić information content (AvgIpc) is 2.34. The normalized spacial score (nSPS) is 8.12. The predicted molar refractivity (Wildman–Crippen MR) is 70.5 cm³/mol. The Morgan fingerprint density at radius 1 is 1.06 bits per heavy atom. The molecule has 5 heteroatoms. The summed E-state index contributed by atoms with van der Waals surface area (Å²) in [6, 6.07) is 0. The molecule has 0 amide bonds. The van der Waals surface area contributed by atoms with Crippen LogP contribution >= 0.6 is 0 Å². The number of nitrogens with two attached hydrogens (primary N) is 1. The third kappa shape index (κ3) is 6.98. The maximum absolute atomic E-state index is 5.46. The molecule has 16 heavy (non-hydrogen) atoms. The molecule has 0 aliphatic heterocycles. The Hall–Kier alpha value is -1.39. The molecule has 3 N–H and O–H groups in total. The molecular formula is C11H25N5. The lowest BCUT2D eigenvalue weighted by molar-refractivity contribution is 0.824. The third-order valence-corrected chi connectivity index (χ3v) is 1.40. The highest BCUT2D eigenvalue weighted by atomic mass is 15.2. The van der Waals surface area contributed by atoms with Gasteiger partial charge in [0, 0.05) is 13.5 Å². The number of aryl methyl sites for hydroxylation is 1. The van der Waals surface area contributed by atoms with E-state index in [9.17, 15) is 0 Å². The summed E-state index contributed by atoms with van der Waals surface area (Å²) >= 11 is 0. The second-order valence-corrected chi connectivity index (χ2v) is 2.43. The first-order valence-corrected chi connectivity index (χ1v) is 5.94. The predicted octanol–water partition coefficient (Wildman–Crippen LogP) is 2.50. The van der Waals surface area contributed by atoms with Crippen LogP contribution in [0.1, 0.15) is 46.9 Å². The fourth-order valence-electron chi connectivity index (χ4n) is 0.885. The number of nitrogen functional groups attached to an aromatic ring is 1. The van der Waals surface area contributed by atoms with Crippen LogP contribution in [0.2, 0.25) is 0 Å². The Morgan fingerprint density at radius 2 is 1.62 bits per heavy atom. The molecule has 1 aromatic rings. The molecule has 94 valence electrons. The van der Waals surface area contributed by atoms with Crippen LogP contribution in [-0.2, 0) is 6.42 Å². The van der Waals surface area contributed by atoms with Gasteiger partial charge in [-0.15, -0.1) is 0 Å². The zero-order valence-corrected chi connectivity index (χ0v) is 11.3. The maximum atomic E-state index is 5.46. The molecule has 0 aliphatic rings. The van der Waals surface area contributed by atoms with Gasteiger partial charge in [0.05, 0.1) is 0 Å². The molecule has 5 nitrogen and oxygen atoms in total. The second-order valence-electron chi connectivity index (χ2n) is 2.43. The number of hydrogen-bond acceptors (Lipinski definition) is 5. The molecule has 0 saturated carbocycles. The smallest absolute Gasteiger partial charge is 0.227 e. The number of hydrogen-bond donors (Lipinski definition) is 2. The van der Waals surface area contributed by atoms with Gasteiger partial charge in [0.2, 0.25) is 11.9 Å². The molecule has 1 aromatic heterocycles. The molecule has 0 fully saturated rings. The molecule has 0 unspecified atom stereocenters. The van der Waals surface area contributed by atoms with Crippen molar-refractivity contribution in [2.75, 3.05) is 18.1 Å². The van der Waals surface area contributed by atoms with Gasteiger partial charge in [0.1, 0.15) is 5.82 Å². The first kappa shape index (κ1) is 17.0. The molecule has 0 saturated heterocycles. The molecular weight excluding hydrogens is 202 g/mol. The standard InChI is InChI=1S/C7H13N5.2C2H6/c1-3-4-5-10-6(8)12-7(9-2)11-5;2*1-2/h3-4H2,1-2H3,(H3,8,9,10,11,12);2*1-2H3. The second kappa shape index (κ2) is 11.7. The summed E-state index contributed by atoms with van der Waals surface area (Å²) in [5.41, 5.74) is 5.46. The van der Waals surface area contributed by atoms with Gasteiger partial charge in [-0.2, -0.15) is 15.0 Å². The van der Waals surface area contributed by atoms with Crippen LogP contribution in [0.5, 0.6) is 0 Å². The molecule has 0 spiro atoms. The minimum Gasteiger partial charge on any atom is -0.368 e. The third-order valence-electron chi connectivity index (χ3n) is 1.40. The number of aromatic nitrogens is 3. The van der Waals surface area contributed by atoms with Crippen molar-refractivity contribution in [3.63, 3.8) is 0 Å². The van der Waals surface area contributed by atoms with Crippen LogP contribution in [-0.4, -0.2) is 22.0 Å². The lowest BCUT2D eigenvalue weighted by Crippen LogP contribution is -2.06. The van der Waals surface area contributed by atoms with Crippen molar-refractivity contribution in [2.24, 2.45) is 0 Å². The quantitative estimate of drug-likeness (QED) is 0.829. The fraction of sp³-hybridized carbons (Fsp3) is 0.727. The highest BCUT2D eigenvalue weighted by Gasteiger charge is 2.00. The number of nitrogens with zero attached hydrogens (tertiary/aromatic N) is 3. The lowest BCUT2D eigenvalue weighted by atomic mass is 10.3. The summed E-state index contributed by atoms with van der Waals surface area (Å²) in [4.78, 5) is 12.0. The zero-order valence-electron chi connectivity index (χ0n) is 11.3. The van der Waals surface area contributed by atoms with Gasteiger partial charge in [-0.3, -0.25) is 0 Å². The zero-order chi connectivity index (χ0) is 13.0. The Labute approximate surface area is 98.9 Å². The van der Waals surface area contributed by atoms with Crippen LogP contribution in [0.25, 0.3) is 0 Å². The van der Waals surface area contributed by atoms with E-state index in [1.807, 2.05) is 27.7 Å². The van der Waals surface area contributed by atoms with E-state index < -0.39 is 0 Å². The Bertz CT molecular complexity index is 263. The first-order chi connectivity index (χ1) is 7.76. The van der Waals surface area contributed by atoms with Gasteiger partial charge in [-0.25, -0.2) is 0 Å². The van der Waals surface area contributed by atoms with Crippen molar-refractivity contribution >= 4 is 11.9 Å². The average molecular weight is 227 g/mol. The van der Waals surface area contributed by atoms with E-state index in [1.165, 1.54) is 0 Å². The summed E-state index contributed by atoms with van der Waals surface area (Å²) < 4.78 is 0. The van der Waals surface area contributed by atoms with Crippen molar-refractivity contribution in [3.05, 3.63) is 5.82 Å². The van der Waals surface area contributed by atoms with Gasteiger partial charge in [0.15, 0.2) is 0 Å². The van der Waals surface area contributed by atoms with Crippen molar-refractivity contribution in [3.8, 4) is 0 Å².